The molecule has 1 amide bonds. The molecule has 0 aliphatic heterocycles. The number of amides is 1. The van der Waals surface area contributed by atoms with Crippen molar-refractivity contribution in [3.8, 4) is 11.5 Å². The first-order valence-corrected chi connectivity index (χ1v) is 7.38. The Bertz CT molecular complexity index is 792. The van der Waals surface area contributed by atoms with Crippen LogP contribution in [0.25, 0.3) is 0 Å². The van der Waals surface area contributed by atoms with Crippen LogP contribution >= 0.6 is 0 Å². The largest absolute Gasteiger partial charge is 0.504 e. The molecule has 0 aromatic heterocycles. The third-order valence-corrected chi connectivity index (χ3v) is 3.57. The summed E-state index contributed by atoms with van der Waals surface area (Å²) in [5, 5.41) is 22.1. The number of carbonyl (C=O) groups excluding carboxylic acids is 1. The molecule has 6 nitrogen and oxygen atoms in total. The number of phenols is 2. The zero-order valence-corrected chi connectivity index (χ0v) is 13.6. The van der Waals surface area contributed by atoms with Crippen molar-refractivity contribution in [3.05, 3.63) is 58.7 Å². The maximum absolute atomic E-state index is 13.0. The Morgan fingerprint density at radius 3 is 2.42 bits per heavy atom. The highest BCUT2D eigenvalue weighted by atomic mass is 19.4. The van der Waals surface area contributed by atoms with Crippen LogP contribution in [0.1, 0.15) is 27.0 Å². The van der Waals surface area contributed by atoms with E-state index in [4.69, 9.17) is 0 Å². The van der Waals surface area contributed by atoms with Gasteiger partial charge in [-0.2, -0.15) is 13.2 Å². The molecule has 0 aliphatic rings. The number of alkyl halides is 3. The lowest BCUT2D eigenvalue weighted by molar-refractivity contribution is -0.282. The van der Waals surface area contributed by atoms with Gasteiger partial charge in [-0.3, -0.25) is 4.79 Å². The number of benzene rings is 2. The number of hydrogen-bond donors (Lipinski definition) is 3. The molecule has 3 N–H and O–H groups in total. The van der Waals surface area contributed by atoms with Gasteiger partial charge >= 0.3 is 6.18 Å². The summed E-state index contributed by atoms with van der Waals surface area (Å²) in [6.45, 7) is -0.569. The minimum Gasteiger partial charge on any atom is -0.504 e. The average molecular weight is 371 g/mol. The summed E-state index contributed by atoms with van der Waals surface area (Å²) in [6, 6.07) is 7.37. The van der Waals surface area contributed by atoms with Crippen LogP contribution in [0.2, 0.25) is 0 Å². The van der Waals surface area contributed by atoms with Gasteiger partial charge in [-0.1, -0.05) is 24.3 Å². The molecule has 0 saturated heterocycles. The molecule has 0 atom stereocenters. The maximum Gasteiger partial charge on any atom is 0.416 e. The first-order chi connectivity index (χ1) is 12.3. The summed E-state index contributed by atoms with van der Waals surface area (Å²) in [5.74, 6) is -2.12. The lowest BCUT2D eigenvalue weighted by Crippen LogP contribution is -2.24. The van der Waals surface area contributed by atoms with E-state index >= 15 is 0 Å². The van der Waals surface area contributed by atoms with Crippen molar-refractivity contribution in [2.24, 2.45) is 0 Å². The van der Waals surface area contributed by atoms with Crippen molar-refractivity contribution in [3.63, 3.8) is 0 Å². The van der Waals surface area contributed by atoms with Gasteiger partial charge in [0.25, 0.3) is 5.91 Å². The fourth-order valence-electron chi connectivity index (χ4n) is 2.27. The summed E-state index contributed by atoms with van der Waals surface area (Å²) in [5.41, 5.74) is -1.10. The predicted molar refractivity (Wildman–Crippen MR) is 84.2 cm³/mol. The third kappa shape index (κ3) is 4.44. The summed E-state index contributed by atoms with van der Waals surface area (Å²) in [7, 11) is 1.26. The standard InChI is InChI=1S/C17H16F3NO5/c1-25-26-9-11-6-7-12(15(23)14(11)22)16(24)21-8-10-4-2-3-5-13(10)17(18,19)20/h2-7,22-23H,8-9H2,1H3,(H,21,24). The zero-order chi connectivity index (χ0) is 19.3. The Morgan fingerprint density at radius 2 is 1.77 bits per heavy atom. The number of halogens is 3. The average Bonchev–Trinajstić information content (AvgIpc) is 2.60. The van der Waals surface area contributed by atoms with E-state index in [1.54, 1.807) is 0 Å². The quantitative estimate of drug-likeness (QED) is 0.413. The second-order valence-corrected chi connectivity index (χ2v) is 5.24. The highest BCUT2D eigenvalue weighted by Gasteiger charge is 2.32. The molecule has 0 unspecified atom stereocenters. The Labute approximate surface area is 146 Å². The van der Waals surface area contributed by atoms with E-state index in [0.29, 0.717) is 0 Å². The van der Waals surface area contributed by atoms with E-state index in [0.717, 1.165) is 6.07 Å². The highest BCUT2D eigenvalue weighted by molar-refractivity contribution is 5.97. The summed E-state index contributed by atoms with van der Waals surface area (Å²) in [4.78, 5) is 21.2. The Morgan fingerprint density at radius 1 is 1.08 bits per heavy atom. The van der Waals surface area contributed by atoms with Crippen molar-refractivity contribution < 1.29 is 38.0 Å². The van der Waals surface area contributed by atoms with Gasteiger partial charge in [0.15, 0.2) is 11.5 Å². The van der Waals surface area contributed by atoms with E-state index in [9.17, 15) is 28.2 Å². The Hall–Kier alpha value is -2.78. The minimum atomic E-state index is -4.55. The first-order valence-electron chi connectivity index (χ1n) is 7.38. The number of hydrogen-bond acceptors (Lipinski definition) is 5. The highest BCUT2D eigenvalue weighted by Crippen LogP contribution is 2.34. The molecule has 26 heavy (non-hydrogen) atoms. The topological polar surface area (TPSA) is 88.0 Å². The molecule has 0 spiro atoms. The van der Waals surface area contributed by atoms with Crippen molar-refractivity contribution in [1.82, 2.24) is 5.32 Å². The van der Waals surface area contributed by atoms with Gasteiger partial charge in [-0.05, 0) is 17.7 Å². The summed E-state index contributed by atoms with van der Waals surface area (Å²) in [6.07, 6.45) is -4.55. The van der Waals surface area contributed by atoms with Crippen LogP contribution in [0.3, 0.4) is 0 Å². The van der Waals surface area contributed by atoms with E-state index in [1.165, 1.54) is 37.4 Å². The van der Waals surface area contributed by atoms with Gasteiger partial charge < -0.3 is 15.5 Å². The molecule has 2 aromatic carbocycles. The fraction of sp³-hybridized carbons (Fsp3) is 0.235. The molecular weight excluding hydrogens is 355 g/mol. The second-order valence-electron chi connectivity index (χ2n) is 5.24. The van der Waals surface area contributed by atoms with Crippen LogP contribution in [0, 0.1) is 0 Å². The van der Waals surface area contributed by atoms with E-state index in [2.05, 4.69) is 15.1 Å². The van der Waals surface area contributed by atoms with E-state index < -0.39 is 35.7 Å². The molecule has 0 aliphatic carbocycles. The van der Waals surface area contributed by atoms with Crippen molar-refractivity contribution in [1.29, 1.82) is 0 Å². The Kier molecular flexibility index (Phi) is 6.06. The zero-order valence-electron chi connectivity index (χ0n) is 13.6. The van der Waals surface area contributed by atoms with E-state index in [1.807, 2.05) is 0 Å². The molecule has 0 bridgehead atoms. The van der Waals surface area contributed by atoms with Crippen molar-refractivity contribution >= 4 is 5.91 Å². The van der Waals surface area contributed by atoms with Gasteiger partial charge in [0.2, 0.25) is 0 Å². The number of carbonyl (C=O) groups is 1. The van der Waals surface area contributed by atoms with Crippen LogP contribution in [0.15, 0.2) is 36.4 Å². The fourth-order valence-corrected chi connectivity index (χ4v) is 2.27. The van der Waals surface area contributed by atoms with Gasteiger partial charge in [0, 0.05) is 12.1 Å². The smallest absolute Gasteiger partial charge is 0.416 e. The summed E-state index contributed by atoms with van der Waals surface area (Å²) >= 11 is 0. The first kappa shape index (κ1) is 19.5. The molecule has 2 aromatic rings. The Balaban J connectivity index is 2.16. The number of rotatable bonds is 6. The van der Waals surface area contributed by atoms with Crippen LogP contribution in [0.4, 0.5) is 13.2 Å². The minimum absolute atomic E-state index is 0.123. The molecule has 0 heterocycles. The van der Waals surface area contributed by atoms with Crippen LogP contribution in [-0.4, -0.2) is 23.2 Å². The van der Waals surface area contributed by atoms with Gasteiger partial charge in [0.1, 0.15) is 6.61 Å². The second kappa shape index (κ2) is 8.07. The third-order valence-electron chi connectivity index (χ3n) is 3.57. The number of aromatic hydroxyl groups is 2. The van der Waals surface area contributed by atoms with Gasteiger partial charge in [-0.15, -0.1) is 0 Å². The van der Waals surface area contributed by atoms with Crippen molar-refractivity contribution in [2.75, 3.05) is 7.11 Å². The summed E-state index contributed by atoms with van der Waals surface area (Å²) < 4.78 is 38.9. The molecule has 140 valence electrons. The van der Waals surface area contributed by atoms with Gasteiger partial charge in [0.05, 0.1) is 18.2 Å². The lowest BCUT2D eigenvalue weighted by atomic mass is 10.1. The van der Waals surface area contributed by atoms with Crippen molar-refractivity contribution in [2.45, 2.75) is 19.3 Å². The number of phenolic OH excluding ortho intramolecular Hbond substituents is 2. The molecule has 0 fully saturated rings. The lowest BCUT2D eigenvalue weighted by Gasteiger charge is -2.14. The number of nitrogens with one attached hydrogen (secondary N) is 1. The molecule has 2 rings (SSSR count). The van der Waals surface area contributed by atoms with Gasteiger partial charge in [-0.25, -0.2) is 9.78 Å². The molecule has 9 heteroatoms. The van der Waals surface area contributed by atoms with Crippen LogP contribution in [-0.2, 0) is 29.1 Å². The van der Waals surface area contributed by atoms with E-state index in [-0.39, 0.29) is 23.3 Å². The molecule has 0 saturated carbocycles. The monoisotopic (exact) mass is 371 g/mol. The normalized spacial score (nSPS) is 11.4. The van der Waals surface area contributed by atoms with Crippen LogP contribution in [0.5, 0.6) is 11.5 Å². The SMILES string of the molecule is COOCc1ccc(C(=O)NCc2ccccc2C(F)(F)F)c(O)c1O. The molecular formula is C17H16F3NO5. The van der Waals surface area contributed by atoms with Crippen LogP contribution < -0.4 is 5.32 Å². The predicted octanol–water partition coefficient (Wildman–Crippen LogP) is 3.12. The maximum atomic E-state index is 13.0. The molecule has 0 radical (unpaired) electrons.